The van der Waals surface area contributed by atoms with Crippen LogP contribution in [0.4, 0.5) is 0 Å². The second-order valence-electron chi connectivity index (χ2n) is 15.9. The largest absolute Gasteiger partial charge is 0.354 e. The van der Waals surface area contributed by atoms with E-state index in [1.54, 1.807) is 0 Å². The summed E-state index contributed by atoms with van der Waals surface area (Å²) in [4.78, 5) is 27.6. The Labute approximate surface area is 324 Å². The van der Waals surface area contributed by atoms with E-state index in [1.807, 2.05) is 0 Å². The maximum atomic E-state index is 12.7. The van der Waals surface area contributed by atoms with Crippen LogP contribution in [0.5, 0.6) is 0 Å². The predicted octanol–water partition coefficient (Wildman–Crippen LogP) is 9.40. The van der Waals surface area contributed by atoms with Crippen molar-refractivity contribution in [3.63, 3.8) is 0 Å². The fraction of sp³-hybridized carbons (Fsp3) is 0.955. The number of unbranched alkanes of at least 4 members (excludes halogenated alkanes) is 22. The molecular weight excluding hydrogens is 645 g/mol. The molecule has 2 unspecified atom stereocenters. The van der Waals surface area contributed by atoms with Gasteiger partial charge in [-0.25, -0.2) is 0 Å². The van der Waals surface area contributed by atoms with Crippen LogP contribution >= 0.6 is 0 Å². The maximum Gasteiger partial charge on any atom is 0.221 e. The molecular formula is C44H92N6O2. The van der Waals surface area contributed by atoms with E-state index in [2.05, 4.69) is 53.9 Å². The highest BCUT2D eigenvalue weighted by Crippen LogP contribution is 2.14. The van der Waals surface area contributed by atoms with Gasteiger partial charge in [0.15, 0.2) is 0 Å². The molecule has 8 heteroatoms. The molecule has 0 aromatic carbocycles. The van der Waals surface area contributed by atoms with Crippen LogP contribution in [0, 0.1) is 0 Å². The highest BCUT2D eigenvalue weighted by molar-refractivity contribution is 5.76. The van der Waals surface area contributed by atoms with E-state index in [4.69, 9.17) is 5.73 Å². The summed E-state index contributed by atoms with van der Waals surface area (Å²) in [7, 11) is 0. The molecule has 0 saturated carbocycles. The Balaban J connectivity index is 3.99. The van der Waals surface area contributed by atoms with E-state index in [-0.39, 0.29) is 23.9 Å². The van der Waals surface area contributed by atoms with Gasteiger partial charge in [-0.3, -0.25) is 9.59 Å². The molecule has 6 N–H and O–H groups in total. The minimum absolute atomic E-state index is 0.135. The first-order valence-corrected chi connectivity index (χ1v) is 22.8. The van der Waals surface area contributed by atoms with Gasteiger partial charge in [-0.05, 0) is 26.7 Å². The summed E-state index contributed by atoms with van der Waals surface area (Å²) in [6.07, 6.45) is 35.7. The van der Waals surface area contributed by atoms with Crippen molar-refractivity contribution in [1.82, 2.24) is 26.2 Å². The summed E-state index contributed by atoms with van der Waals surface area (Å²) in [6, 6.07) is 0.473. The van der Waals surface area contributed by atoms with Gasteiger partial charge >= 0.3 is 0 Å². The van der Waals surface area contributed by atoms with Gasteiger partial charge in [-0.1, -0.05) is 168 Å². The topological polar surface area (TPSA) is 112 Å². The highest BCUT2D eigenvalue weighted by Gasteiger charge is 2.12. The molecule has 0 fully saturated rings. The van der Waals surface area contributed by atoms with Gasteiger partial charge in [0, 0.05) is 77.3 Å². The number of carbonyl (C=O) groups excluding carboxylic acids is 2. The molecule has 0 saturated heterocycles. The van der Waals surface area contributed by atoms with Crippen LogP contribution in [0.3, 0.4) is 0 Å². The minimum Gasteiger partial charge on any atom is -0.354 e. The number of nitrogens with zero attached hydrogens (tertiary/aromatic N) is 1. The first-order chi connectivity index (χ1) is 25.4. The third kappa shape index (κ3) is 38.5. The number of hydrogen-bond donors (Lipinski definition) is 5. The first-order valence-electron chi connectivity index (χ1n) is 22.8. The third-order valence-corrected chi connectivity index (χ3v) is 10.5. The lowest BCUT2D eigenvalue weighted by Crippen LogP contribution is -2.41. The van der Waals surface area contributed by atoms with E-state index in [0.717, 1.165) is 52.1 Å². The van der Waals surface area contributed by atoms with Crippen molar-refractivity contribution in [3.8, 4) is 0 Å². The van der Waals surface area contributed by atoms with Gasteiger partial charge in [-0.2, -0.15) is 0 Å². The Bertz CT molecular complexity index is 754. The molecule has 0 aliphatic carbocycles. The van der Waals surface area contributed by atoms with E-state index >= 15 is 0 Å². The standard InChI is InChI=1S/C44H92N6O2/c1-5-7-9-11-13-15-17-19-21-23-25-27-29-41(3)48-43(51)31-34-46-36-39-50(40-37-47-35-33-45)38-32-44(52)49-42(4)30-28-26-24-22-20-18-16-14-12-10-8-6-2/h41-42,46-47H,5-40,45H2,1-4H3,(H,48,51)(H,49,52). The Morgan fingerprint density at radius 1 is 0.462 bits per heavy atom. The van der Waals surface area contributed by atoms with Gasteiger partial charge in [-0.15, -0.1) is 0 Å². The Morgan fingerprint density at radius 2 is 0.808 bits per heavy atom. The second kappa shape index (κ2) is 41.0. The summed E-state index contributed by atoms with van der Waals surface area (Å²) in [6.45, 7) is 15.1. The number of carbonyl (C=O) groups is 2. The lowest BCUT2D eigenvalue weighted by molar-refractivity contribution is -0.122. The van der Waals surface area contributed by atoms with Crippen molar-refractivity contribution in [2.45, 2.75) is 220 Å². The molecule has 0 bridgehead atoms. The number of hydrogen-bond acceptors (Lipinski definition) is 6. The molecule has 0 radical (unpaired) electrons. The fourth-order valence-electron chi connectivity index (χ4n) is 7.04. The summed E-state index contributed by atoms with van der Waals surface area (Å²) in [5, 5.41) is 13.2. The molecule has 0 aromatic rings. The quantitative estimate of drug-likeness (QED) is 0.0400. The van der Waals surface area contributed by atoms with Crippen LogP contribution < -0.4 is 27.0 Å². The molecule has 310 valence electrons. The zero-order valence-corrected chi connectivity index (χ0v) is 35.5. The summed E-state index contributed by atoms with van der Waals surface area (Å²) < 4.78 is 0. The predicted molar refractivity (Wildman–Crippen MR) is 227 cm³/mol. The second-order valence-corrected chi connectivity index (χ2v) is 15.9. The van der Waals surface area contributed by atoms with Crippen molar-refractivity contribution in [3.05, 3.63) is 0 Å². The lowest BCUT2D eigenvalue weighted by atomic mass is 10.0. The van der Waals surface area contributed by atoms with Gasteiger partial charge in [0.25, 0.3) is 0 Å². The zero-order chi connectivity index (χ0) is 38.2. The van der Waals surface area contributed by atoms with E-state index in [0.29, 0.717) is 25.9 Å². The van der Waals surface area contributed by atoms with E-state index in [9.17, 15) is 9.59 Å². The fourth-order valence-corrected chi connectivity index (χ4v) is 7.04. The molecule has 0 aliphatic rings. The molecule has 0 spiro atoms. The van der Waals surface area contributed by atoms with Crippen molar-refractivity contribution < 1.29 is 9.59 Å². The van der Waals surface area contributed by atoms with Crippen LogP contribution in [0.2, 0.25) is 0 Å². The van der Waals surface area contributed by atoms with Crippen molar-refractivity contribution in [2.24, 2.45) is 5.73 Å². The average molecular weight is 737 g/mol. The van der Waals surface area contributed by atoms with Crippen LogP contribution in [-0.2, 0) is 9.59 Å². The minimum atomic E-state index is 0.135. The molecule has 0 heterocycles. The summed E-state index contributed by atoms with van der Waals surface area (Å²) in [5.41, 5.74) is 5.65. The summed E-state index contributed by atoms with van der Waals surface area (Å²) in [5.74, 6) is 0.282. The molecule has 0 aromatic heterocycles. The smallest absolute Gasteiger partial charge is 0.221 e. The zero-order valence-electron chi connectivity index (χ0n) is 35.5. The number of rotatable bonds is 42. The summed E-state index contributed by atoms with van der Waals surface area (Å²) >= 11 is 0. The Kier molecular flexibility index (Phi) is 40.0. The van der Waals surface area contributed by atoms with Crippen LogP contribution in [-0.4, -0.2) is 81.2 Å². The SMILES string of the molecule is CCCCCCCCCCCCCCC(C)NC(=O)CCNCCN(CCNCCN)CCC(=O)NC(C)CCCCCCCCCCCCCC. The van der Waals surface area contributed by atoms with E-state index < -0.39 is 0 Å². The Morgan fingerprint density at radius 3 is 1.19 bits per heavy atom. The monoisotopic (exact) mass is 737 g/mol. The van der Waals surface area contributed by atoms with E-state index in [1.165, 1.54) is 154 Å². The van der Waals surface area contributed by atoms with Crippen LogP contribution in [0.1, 0.15) is 207 Å². The number of nitrogens with two attached hydrogens (primary N) is 1. The van der Waals surface area contributed by atoms with Gasteiger partial charge in [0.1, 0.15) is 0 Å². The average Bonchev–Trinajstić information content (AvgIpc) is 3.12. The lowest BCUT2D eigenvalue weighted by Gasteiger charge is -2.23. The van der Waals surface area contributed by atoms with Gasteiger partial charge in [0.05, 0.1) is 0 Å². The van der Waals surface area contributed by atoms with Gasteiger partial charge in [0.2, 0.25) is 11.8 Å². The third-order valence-electron chi connectivity index (χ3n) is 10.5. The maximum absolute atomic E-state index is 12.7. The van der Waals surface area contributed by atoms with Crippen LogP contribution in [0.15, 0.2) is 0 Å². The normalized spacial score (nSPS) is 12.7. The Hall–Kier alpha value is -1.22. The molecule has 0 rings (SSSR count). The van der Waals surface area contributed by atoms with Crippen LogP contribution in [0.25, 0.3) is 0 Å². The molecule has 52 heavy (non-hydrogen) atoms. The van der Waals surface area contributed by atoms with Crippen molar-refractivity contribution >= 4 is 11.8 Å². The number of amides is 2. The highest BCUT2D eigenvalue weighted by atomic mass is 16.2. The molecule has 2 atom stereocenters. The first kappa shape index (κ1) is 50.8. The van der Waals surface area contributed by atoms with Crippen molar-refractivity contribution in [2.75, 3.05) is 52.4 Å². The molecule has 2 amide bonds. The molecule has 8 nitrogen and oxygen atoms in total. The van der Waals surface area contributed by atoms with Gasteiger partial charge < -0.3 is 31.9 Å². The number of nitrogens with one attached hydrogen (secondary N) is 4. The molecule has 0 aliphatic heterocycles. The van der Waals surface area contributed by atoms with Crippen molar-refractivity contribution in [1.29, 1.82) is 0 Å².